The van der Waals surface area contributed by atoms with Gasteiger partial charge in [-0.15, -0.1) is 11.8 Å². The van der Waals surface area contributed by atoms with Crippen LogP contribution in [0.25, 0.3) is 6.08 Å². The Morgan fingerprint density at radius 3 is 2.07 bits per heavy atom. The second-order valence-electron chi connectivity index (χ2n) is 9.15. The van der Waals surface area contributed by atoms with Gasteiger partial charge < -0.3 is 24.8 Å². The first-order chi connectivity index (χ1) is 21.2. The Morgan fingerprint density at radius 2 is 1.48 bits per heavy atom. The fourth-order valence-corrected chi connectivity index (χ4v) is 5.36. The van der Waals surface area contributed by atoms with Crippen LogP contribution >= 0.6 is 35.0 Å². The number of ketones is 1. The first kappa shape index (κ1) is 32.5. The maximum Gasteiger partial charge on any atom is 0.272 e. The highest BCUT2D eigenvalue weighted by atomic mass is 35.5. The molecule has 0 unspecified atom stereocenters. The van der Waals surface area contributed by atoms with E-state index in [1.807, 2.05) is 0 Å². The van der Waals surface area contributed by atoms with E-state index in [1.165, 1.54) is 45.2 Å². The Kier molecular flexibility index (Phi) is 11.3. The number of hydrogen-bond acceptors (Lipinski definition) is 7. The second kappa shape index (κ2) is 15.3. The molecule has 2 N–H and O–H groups in total. The Bertz CT molecular complexity index is 1670. The van der Waals surface area contributed by atoms with E-state index >= 15 is 0 Å². The molecule has 2 amide bonds. The molecule has 0 aliphatic heterocycles. The molecule has 8 nitrogen and oxygen atoms in total. The average molecular weight is 652 g/mol. The number of methoxy groups -OCH3 is 3. The summed E-state index contributed by atoms with van der Waals surface area (Å²) >= 11 is 13.4. The Labute approximate surface area is 269 Å². The summed E-state index contributed by atoms with van der Waals surface area (Å²) in [5.74, 6) is 0.175. The summed E-state index contributed by atoms with van der Waals surface area (Å²) in [6, 6.07) is 23.6. The molecule has 4 rings (SSSR count). The highest BCUT2D eigenvalue weighted by Crippen LogP contribution is 2.38. The zero-order valence-electron chi connectivity index (χ0n) is 24.0. The first-order valence-electron chi connectivity index (χ1n) is 13.1. The number of benzene rings is 4. The molecular weight excluding hydrogens is 623 g/mol. The number of hydrogen-bond donors (Lipinski definition) is 2. The second-order valence-corrected chi connectivity index (χ2v) is 11.0. The van der Waals surface area contributed by atoms with Crippen LogP contribution in [0.4, 0.5) is 5.69 Å². The van der Waals surface area contributed by atoms with Crippen molar-refractivity contribution in [2.24, 2.45) is 0 Å². The minimum absolute atomic E-state index is 0.0167. The topological polar surface area (TPSA) is 103 Å². The number of Topliss-reactive ketones (excluding diaryl/α,β-unsaturated/α-hetero) is 1. The van der Waals surface area contributed by atoms with Crippen LogP contribution in [0.1, 0.15) is 26.3 Å². The molecule has 0 aliphatic carbocycles. The largest absolute Gasteiger partial charge is 0.493 e. The summed E-state index contributed by atoms with van der Waals surface area (Å²) < 4.78 is 16.3. The molecule has 226 valence electrons. The van der Waals surface area contributed by atoms with E-state index in [9.17, 15) is 14.4 Å². The van der Waals surface area contributed by atoms with Crippen LogP contribution in [0, 0.1) is 0 Å². The van der Waals surface area contributed by atoms with E-state index in [0.29, 0.717) is 49.7 Å². The molecule has 11 heteroatoms. The van der Waals surface area contributed by atoms with Crippen LogP contribution in [-0.2, 0) is 4.79 Å². The van der Waals surface area contributed by atoms with Crippen molar-refractivity contribution >= 4 is 64.3 Å². The van der Waals surface area contributed by atoms with Crippen molar-refractivity contribution in [3.8, 4) is 17.2 Å². The number of ether oxygens (including phenoxy) is 3. The van der Waals surface area contributed by atoms with E-state index < -0.39 is 11.8 Å². The zero-order valence-corrected chi connectivity index (χ0v) is 26.3. The molecule has 0 fully saturated rings. The number of halogens is 2. The summed E-state index contributed by atoms with van der Waals surface area (Å²) in [5, 5.41) is 6.28. The van der Waals surface area contributed by atoms with Crippen molar-refractivity contribution in [2.45, 2.75) is 4.90 Å². The van der Waals surface area contributed by atoms with Crippen molar-refractivity contribution in [1.82, 2.24) is 5.32 Å². The molecule has 0 saturated carbocycles. The third-order valence-electron chi connectivity index (χ3n) is 6.24. The Morgan fingerprint density at radius 1 is 0.818 bits per heavy atom. The molecular formula is C33H28Cl2N2O6S. The first-order valence-corrected chi connectivity index (χ1v) is 14.9. The zero-order chi connectivity index (χ0) is 31.6. The third-order valence-corrected chi connectivity index (χ3v) is 7.80. The van der Waals surface area contributed by atoms with Crippen LogP contribution < -0.4 is 24.8 Å². The lowest BCUT2D eigenvalue weighted by Crippen LogP contribution is -2.30. The summed E-state index contributed by atoms with van der Waals surface area (Å²) in [6.07, 6.45) is 1.51. The fraction of sp³-hybridized carbons (Fsp3) is 0.121. The molecule has 4 aromatic carbocycles. The van der Waals surface area contributed by atoms with E-state index in [0.717, 1.165) is 4.90 Å². The minimum Gasteiger partial charge on any atom is -0.493 e. The lowest BCUT2D eigenvalue weighted by atomic mass is 10.1. The van der Waals surface area contributed by atoms with Crippen molar-refractivity contribution in [3.05, 3.63) is 117 Å². The number of rotatable bonds is 12. The predicted molar refractivity (Wildman–Crippen MR) is 175 cm³/mol. The lowest BCUT2D eigenvalue weighted by Gasteiger charge is -2.15. The molecule has 0 aliphatic rings. The van der Waals surface area contributed by atoms with E-state index in [4.69, 9.17) is 37.4 Å². The van der Waals surface area contributed by atoms with E-state index in [1.54, 1.807) is 78.9 Å². The predicted octanol–water partition coefficient (Wildman–Crippen LogP) is 7.40. The number of carbonyl (C=O) groups is 3. The van der Waals surface area contributed by atoms with Crippen LogP contribution in [0.2, 0.25) is 10.0 Å². The van der Waals surface area contributed by atoms with Crippen LogP contribution in [-0.4, -0.2) is 44.7 Å². The maximum atomic E-state index is 13.5. The molecule has 0 atom stereocenters. The third kappa shape index (κ3) is 8.35. The van der Waals surface area contributed by atoms with Crippen molar-refractivity contribution in [1.29, 1.82) is 0 Å². The number of carbonyl (C=O) groups excluding carboxylic acids is 3. The molecule has 0 aromatic heterocycles. The average Bonchev–Trinajstić information content (AvgIpc) is 3.03. The van der Waals surface area contributed by atoms with Gasteiger partial charge in [0.1, 0.15) is 5.70 Å². The van der Waals surface area contributed by atoms with Crippen LogP contribution in [0.5, 0.6) is 17.2 Å². The number of thioether (sulfide) groups is 1. The van der Waals surface area contributed by atoms with Gasteiger partial charge in [0.05, 0.1) is 32.1 Å². The molecule has 0 spiro atoms. The van der Waals surface area contributed by atoms with Crippen LogP contribution in [0.15, 0.2) is 95.5 Å². The quantitative estimate of drug-likeness (QED) is 0.0935. The summed E-state index contributed by atoms with van der Waals surface area (Å²) in [6.45, 7) is 0. The fourth-order valence-electron chi connectivity index (χ4n) is 4.07. The molecule has 0 heterocycles. The van der Waals surface area contributed by atoms with Gasteiger partial charge in [0.25, 0.3) is 11.8 Å². The van der Waals surface area contributed by atoms with Gasteiger partial charge in [0.2, 0.25) is 5.75 Å². The van der Waals surface area contributed by atoms with Gasteiger partial charge in [-0.2, -0.15) is 0 Å². The minimum atomic E-state index is -0.559. The SMILES string of the molecule is COc1cc(/C=C(\NC(=O)c2ccccc2)C(=O)Nc2ccc(SCC(=O)c3ccc(Cl)cc3Cl)cc2)cc(OC)c1OC. The monoisotopic (exact) mass is 650 g/mol. The van der Waals surface area contributed by atoms with Gasteiger partial charge in [0.15, 0.2) is 17.3 Å². The number of amides is 2. The normalized spacial score (nSPS) is 11.0. The van der Waals surface area contributed by atoms with Crippen molar-refractivity contribution in [3.63, 3.8) is 0 Å². The summed E-state index contributed by atoms with van der Waals surface area (Å²) in [5.41, 5.74) is 1.77. The maximum absolute atomic E-state index is 13.5. The van der Waals surface area contributed by atoms with Crippen LogP contribution in [0.3, 0.4) is 0 Å². The van der Waals surface area contributed by atoms with Gasteiger partial charge in [0, 0.05) is 26.7 Å². The van der Waals surface area contributed by atoms with Gasteiger partial charge >= 0.3 is 0 Å². The van der Waals surface area contributed by atoms with Crippen molar-refractivity contribution < 1.29 is 28.6 Å². The van der Waals surface area contributed by atoms with Gasteiger partial charge in [-0.3, -0.25) is 14.4 Å². The molecule has 44 heavy (non-hydrogen) atoms. The summed E-state index contributed by atoms with van der Waals surface area (Å²) in [4.78, 5) is 39.9. The van der Waals surface area contributed by atoms with E-state index in [2.05, 4.69) is 10.6 Å². The van der Waals surface area contributed by atoms with E-state index in [-0.39, 0.29) is 17.2 Å². The van der Waals surface area contributed by atoms with Gasteiger partial charge in [-0.25, -0.2) is 0 Å². The highest BCUT2D eigenvalue weighted by Gasteiger charge is 2.18. The van der Waals surface area contributed by atoms with Gasteiger partial charge in [-0.1, -0.05) is 41.4 Å². The lowest BCUT2D eigenvalue weighted by molar-refractivity contribution is -0.113. The number of anilines is 1. The molecule has 0 bridgehead atoms. The molecule has 0 radical (unpaired) electrons. The summed E-state index contributed by atoms with van der Waals surface area (Å²) in [7, 11) is 4.46. The van der Waals surface area contributed by atoms with Crippen molar-refractivity contribution in [2.75, 3.05) is 32.4 Å². The molecule has 0 saturated heterocycles. The smallest absolute Gasteiger partial charge is 0.272 e. The number of nitrogens with one attached hydrogen (secondary N) is 2. The Hall–Kier alpha value is -4.44. The standard InChI is InChI=1S/C33H28Cl2N2O6S/c1-41-29-16-20(17-30(42-2)31(29)43-3)15-27(37-32(39)21-7-5-4-6-8-21)33(40)36-23-10-12-24(13-11-23)44-19-28(38)25-14-9-22(34)18-26(25)35/h4-18H,19H2,1-3H3,(H,36,40)(H,37,39)/b27-15-. The van der Waals surface area contributed by atoms with Gasteiger partial charge in [-0.05, 0) is 78.4 Å². The highest BCUT2D eigenvalue weighted by molar-refractivity contribution is 8.00. The molecule has 4 aromatic rings. The Balaban J connectivity index is 1.53.